The molecule has 7 nitrogen and oxygen atoms in total. The van der Waals surface area contributed by atoms with Gasteiger partial charge in [-0.3, -0.25) is 9.59 Å². The molecule has 1 fully saturated rings. The Bertz CT molecular complexity index is 614. The fraction of sp³-hybridized carbons (Fsp3) is 0.467. The Labute approximate surface area is 127 Å². The third-order valence-electron chi connectivity index (χ3n) is 3.83. The molecule has 22 heavy (non-hydrogen) atoms. The molecule has 1 saturated heterocycles. The van der Waals surface area contributed by atoms with Crippen LogP contribution in [-0.4, -0.2) is 38.9 Å². The Balaban J connectivity index is 1.96. The monoisotopic (exact) mass is 307 g/mol. The number of methoxy groups -OCH3 is 1. The lowest BCUT2D eigenvalue weighted by Crippen LogP contribution is -2.29. The van der Waals surface area contributed by atoms with Crippen LogP contribution in [0.15, 0.2) is 12.1 Å². The van der Waals surface area contributed by atoms with Crippen molar-refractivity contribution in [1.29, 1.82) is 0 Å². The van der Waals surface area contributed by atoms with Gasteiger partial charge in [-0.2, -0.15) is 0 Å². The summed E-state index contributed by atoms with van der Waals surface area (Å²) in [5, 5.41) is 2.71. The summed E-state index contributed by atoms with van der Waals surface area (Å²) in [6, 6.07) is 3.55. The second kappa shape index (κ2) is 5.75. The number of rotatable bonds is 4. The average Bonchev–Trinajstić information content (AvgIpc) is 3.12. The number of hydrogen-bond acceptors (Lipinski definition) is 6. The third kappa shape index (κ3) is 2.32. The molecule has 0 saturated carbocycles. The number of amides is 1. The number of fused-ring (bicyclic) bond motifs is 1. The van der Waals surface area contributed by atoms with Gasteiger partial charge < -0.3 is 24.3 Å². The van der Waals surface area contributed by atoms with Crippen LogP contribution in [0, 0.1) is 5.92 Å². The fourth-order valence-electron chi connectivity index (χ4n) is 2.80. The number of benzene rings is 1. The zero-order valence-corrected chi connectivity index (χ0v) is 12.4. The van der Waals surface area contributed by atoms with Gasteiger partial charge in [-0.15, -0.1) is 0 Å². The summed E-state index contributed by atoms with van der Waals surface area (Å²) in [5.74, 6) is -0.404. The molecule has 2 unspecified atom stereocenters. The van der Waals surface area contributed by atoms with E-state index < -0.39 is 11.9 Å². The standard InChI is InChI=1S/C15H17NO6/c1-3-20-15(18)12-9(6-16-14(12)17)8-4-10(19-2)13-11(5-8)21-7-22-13/h4-5,9,12H,3,6-7H2,1-2H3,(H,16,17). The van der Waals surface area contributed by atoms with E-state index in [9.17, 15) is 9.59 Å². The molecule has 2 aliphatic heterocycles. The molecule has 0 spiro atoms. The van der Waals surface area contributed by atoms with Crippen LogP contribution >= 0.6 is 0 Å². The number of carbonyl (C=O) groups is 2. The van der Waals surface area contributed by atoms with Crippen LogP contribution < -0.4 is 19.5 Å². The lowest BCUT2D eigenvalue weighted by atomic mass is 9.88. The van der Waals surface area contributed by atoms with Gasteiger partial charge in [0.05, 0.1) is 13.7 Å². The van der Waals surface area contributed by atoms with E-state index in [1.54, 1.807) is 19.1 Å². The van der Waals surface area contributed by atoms with Crippen LogP contribution in [0.5, 0.6) is 17.2 Å². The predicted molar refractivity (Wildman–Crippen MR) is 75.0 cm³/mol. The van der Waals surface area contributed by atoms with Gasteiger partial charge in [-0.1, -0.05) is 0 Å². The second-order valence-corrected chi connectivity index (χ2v) is 5.04. The van der Waals surface area contributed by atoms with Crippen LogP contribution in [0.1, 0.15) is 18.4 Å². The minimum absolute atomic E-state index is 0.123. The lowest BCUT2D eigenvalue weighted by Gasteiger charge is -2.17. The maximum atomic E-state index is 12.1. The highest BCUT2D eigenvalue weighted by molar-refractivity contribution is 6.00. The van der Waals surface area contributed by atoms with E-state index in [-0.39, 0.29) is 25.2 Å². The Hall–Kier alpha value is -2.44. The molecule has 0 radical (unpaired) electrons. The summed E-state index contributed by atoms with van der Waals surface area (Å²) >= 11 is 0. The van der Waals surface area contributed by atoms with E-state index in [2.05, 4.69) is 5.32 Å². The molecule has 7 heteroatoms. The topological polar surface area (TPSA) is 83.1 Å². The molecule has 1 amide bonds. The maximum Gasteiger partial charge on any atom is 0.319 e. The van der Waals surface area contributed by atoms with Crippen molar-refractivity contribution in [2.45, 2.75) is 12.8 Å². The van der Waals surface area contributed by atoms with E-state index in [4.69, 9.17) is 18.9 Å². The Morgan fingerprint density at radius 2 is 2.23 bits per heavy atom. The minimum atomic E-state index is -0.856. The molecule has 2 aliphatic rings. The first-order valence-electron chi connectivity index (χ1n) is 7.07. The number of carbonyl (C=O) groups excluding carboxylic acids is 2. The van der Waals surface area contributed by atoms with Crippen LogP contribution in [0.25, 0.3) is 0 Å². The molecule has 0 aromatic heterocycles. The molecular weight excluding hydrogens is 290 g/mol. The molecule has 3 rings (SSSR count). The van der Waals surface area contributed by atoms with Crippen molar-refractivity contribution in [3.63, 3.8) is 0 Å². The first-order chi connectivity index (χ1) is 10.7. The first-order valence-corrected chi connectivity index (χ1v) is 7.07. The Morgan fingerprint density at radius 3 is 2.95 bits per heavy atom. The third-order valence-corrected chi connectivity index (χ3v) is 3.83. The molecule has 118 valence electrons. The van der Waals surface area contributed by atoms with E-state index in [0.29, 0.717) is 23.8 Å². The number of ether oxygens (including phenoxy) is 4. The van der Waals surface area contributed by atoms with Gasteiger partial charge in [0.25, 0.3) is 0 Å². The quantitative estimate of drug-likeness (QED) is 0.655. The molecule has 0 bridgehead atoms. The van der Waals surface area contributed by atoms with Crippen LogP contribution in [0.2, 0.25) is 0 Å². The minimum Gasteiger partial charge on any atom is -0.493 e. The normalized spacial score (nSPS) is 22.4. The highest BCUT2D eigenvalue weighted by Crippen LogP contribution is 2.44. The molecule has 1 aromatic rings. The molecule has 2 heterocycles. The lowest BCUT2D eigenvalue weighted by molar-refractivity contribution is -0.151. The summed E-state index contributed by atoms with van der Waals surface area (Å²) < 4.78 is 21.0. The Kier molecular flexibility index (Phi) is 3.79. The average molecular weight is 307 g/mol. The summed E-state index contributed by atoms with van der Waals surface area (Å²) in [6.07, 6.45) is 0. The summed E-state index contributed by atoms with van der Waals surface area (Å²) in [6.45, 7) is 2.44. The molecule has 2 atom stereocenters. The van der Waals surface area contributed by atoms with Crippen molar-refractivity contribution in [3.8, 4) is 17.2 Å². The van der Waals surface area contributed by atoms with Crippen LogP contribution in [0.3, 0.4) is 0 Å². The van der Waals surface area contributed by atoms with Crippen molar-refractivity contribution < 1.29 is 28.5 Å². The van der Waals surface area contributed by atoms with Crippen LogP contribution in [-0.2, 0) is 14.3 Å². The van der Waals surface area contributed by atoms with Gasteiger partial charge >= 0.3 is 5.97 Å². The maximum absolute atomic E-state index is 12.1. The second-order valence-electron chi connectivity index (χ2n) is 5.04. The number of nitrogens with one attached hydrogen (secondary N) is 1. The van der Waals surface area contributed by atoms with E-state index >= 15 is 0 Å². The van der Waals surface area contributed by atoms with Gasteiger partial charge in [0, 0.05) is 12.5 Å². The van der Waals surface area contributed by atoms with E-state index in [0.717, 1.165) is 5.56 Å². The van der Waals surface area contributed by atoms with Gasteiger partial charge in [-0.05, 0) is 24.6 Å². The summed E-state index contributed by atoms with van der Waals surface area (Å²) in [5.41, 5.74) is 0.775. The van der Waals surface area contributed by atoms with Crippen molar-refractivity contribution >= 4 is 11.9 Å². The largest absolute Gasteiger partial charge is 0.493 e. The molecule has 0 aliphatic carbocycles. The smallest absolute Gasteiger partial charge is 0.319 e. The van der Waals surface area contributed by atoms with E-state index in [1.165, 1.54) is 7.11 Å². The Morgan fingerprint density at radius 1 is 1.41 bits per heavy atom. The highest BCUT2D eigenvalue weighted by Gasteiger charge is 2.43. The zero-order chi connectivity index (χ0) is 15.7. The fourth-order valence-corrected chi connectivity index (χ4v) is 2.80. The van der Waals surface area contributed by atoms with Gasteiger partial charge in [0.15, 0.2) is 11.5 Å². The SMILES string of the molecule is CCOC(=O)C1C(=O)NCC1c1cc(OC)c2c(c1)OCO2. The van der Waals surface area contributed by atoms with Crippen molar-refractivity contribution in [3.05, 3.63) is 17.7 Å². The van der Waals surface area contributed by atoms with Crippen molar-refractivity contribution in [1.82, 2.24) is 5.32 Å². The molecule has 1 N–H and O–H groups in total. The van der Waals surface area contributed by atoms with Gasteiger partial charge in [-0.25, -0.2) is 0 Å². The van der Waals surface area contributed by atoms with Crippen molar-refractivity contribution in [2.24, 2.45) is 5.92 Å². The van der Waals surface area contributed by atoms with Crippen molar-refractivity contribution in [2.75, 3.05) is 27.1 Å². The highest BCUT2D eigenvalue weighted by atomic mass is 16.7. The van der Waals surface area contributed by atoms with Crippen LogP contribution in [0.4, 0.5) is 0 Å². The number of hydrogen-bond donors (Lipinski definition) is 1. The molecule has 1 aromatic carbocycles. The summed E-state index contributed by atoms with van der Waals surface area (Å²) in [7, 11) is 1.53. The number of esters is 1. The first kappa shape index (κ1) is 14.5. The van der Waals surface area contributed by atoms with E-state index in [1.807, 2.05) is 0 Å². The molecular formula is C15H17NO6. The summed E-state index contributed by atoms with van der Waals surface area (Å²) in [4.78, 5) is 24.0. The van der Waals surface area contributed by atoms with Gasteiger partial charge in [0.1, 0.15) is 5.92 Å². The van der Waals surface area contributed by atoms with Gasteiger partial charge in [0.2, 0.25) is 18.4 Å². The zero-order valence-electron chi connectivity index (χ0n) is 12.4. The predicted octanol–water partition coefficient (Wildman–Crippen LogP) is 0.817.